The summed E-state index contributed by atoms with van der Waals surface area (Å²) >= 11 is 1.65. The highest BCUT2D eigenvalue weighted by Crippen LogP contribution is 2.23. The number of nitrogens with zero attached hydrogens (tertiary/aromatic N) is 3. The average molecular weight is 330 g/mol. The summed E-state index contributed by atoms with van der Waals surface area (Å²) in [6.07, 6.45) is 0. The fraction of sp³-hybridized carbons (Fsp3) is 0.412. The summed E-state index contributed by atoms with van der Waals surface area (Å²) in [4.78, 5) is 20.9. The number of thiazole rings is 1. The minimum Gasteiger partial charge on any atom is -0.339 e. The predicted octanol–water partition coefficient (Wildman–Crippen LogP) is 1.67. The van der Waals surface area contributed by atoms with Gasteiger partial charge in [-0.3, -0.25) is 9.69 Å². The maximum atomic E-state index is 12.3. The third-order valence-electron chi connectivity index (χ3n) is 3.88. The Morgan fingerprint density at radius 2 is 2.04 bits per heavy atom. The van der Waals surface area contributed by atoms with E-state index in [1.54, 1.807) is 11.3 Å². The van der Waals surface area contributed by atoms with E-state index in [0.717, 1.165) is 42.4 Å². The van der Waals surface area contributed by atoms with Gasteiger partial charge in [-0.2, -0.15) is 0 Å². The van der Waals surface area contributed by atoms with E-state index in [-0.39, 0.29) is 5.91 Å². The van der Waals surface area contributed by atoms with Gasteiger partial charge in [0.2, 0.25) is 5.91 Å². The van der Waals surface area contributed by atoms with Crippen LogP contribution < -0.4 is 5.32 Å². The quantitative estimate of drug-likeness (QED) is 0.906. The third kappa shape index (κ3) is 4.37. The summed E-state index contributed by atoms with van der Waals surface area (Å²) in [7, 11) is 1.97. The topological polar surface area (TPSA) is 48.5 Å². The van der Waals surface area contributed by atoms with Crippen molar-refractivity contribution in [2.45, 2.75) is 6.54 Å². The first-order valence-electron chi connectivity index (χ1n) is 7.89. The number of carbonyl (C=O) groups excluding carboxylic acids is 1. The van der Waals surface area contributed by atoms with Gasteiger partial charge < -0.3 is 10.2 Å². The van der Waals surface area contributed by atoms with Crippen LogP contribution in [-0.4, -0.2) is 60.5 Å². The van der Waals surface area contributed by atoms with Crippen molar-refractivity contribution in [2.24, 2.45) is 0 Å². The molecule has 2 heterocycles. The lowest BCUT2D eigenvalue weighted by Crippen LogP contribution is -2.49. The molecule has 0 radical (unpaired) electrons. The van der Waals surface area contributed by atoms with Crippen LogP contribution in [0.5, 0.6) is 0 Å². The molecule has 0 saturated carbocycles. The van der Waals surface area contributed by atoms with E-state index in [2.05, 4.69) is 27.8 Å². The molecule has 5 nitrogen and oxygen atoms in total. The van der Waals surface area contributed by atoms with Crippen molar-refractivity contribution in [2.75, 3.05) is 39.8 Å². The Morgan fingerprint density at radius 3 is 2.78 bits per heavy atom. The van der Waals surface area contributed by atoms with Gasteiger partial charge >= 0.3 is 0 Å². The van der Waals surface area contributed by atoms with Gasteiger partial charge in [-0.25, -0.2) is 4.98 Å². The van der Waals surface area contributed by atoms with E-state index in [1.165, 1.54) is 0 Å². The molecule has 0 bridgehead atoms. The average Bonchev–Trinajstić information content (AvgIpc) is 3.04. The first kappa shape index (κ1) is 16.1. The monoisotopic (exact) mass is 330 g/mol. The summed E-state index contributed by atoms with van der Waals surface area (Å²) < 4.78 is 0. The first-order valence-corrected chi connectivity index (χ1v) is 8.77. The van der Waals surface area contributed by atoms with Gasteiger partial charge in [0.15, 0.2) is 0 Å². The highest BCUT2D eigenvalue weighted by molar-refractivity contribution is 7.13. The smallest absolute Gasteiger partial charge is 0.236 e. The van der Waals surface area contributed by atoms with Crippen LogP contribution in [0.25, 0.3) is 10.6 Å². The second-order valence-corrected chi connectivity index (χ2v) is 6.67. The van der Waals surface area contributed by atoms with Crippen LogP contribution in [0.4, 0.5) is 0 Å². The van der Waals surface area contributed by atoms with Gasteiger partial charge in [0.1, 0.15) is 5.01 Å². The molecule has 0 unspecified atom stereocenters. The van der Waals surface area contributed by atoms with Crippen molar-refractivity contribution in [1.82, 2.24) is 20.1 Å². The van der Waals surface area contributed by atoms with Crippen molar-refractivity contribution < 1.29 is 4.79 Å². The maximum Gasteiger partial charge on any atom is 0.236 e. The Morgan fingerprint density at radius 1 is 1.30 bits per heavy atom. The number of likely N-dealkylation sites (N-methyl/N-ethyl adjacent to an activating group) is 1. The lowest BCUT2D eigenvalue weighted by Gasteiger charge is -2.29. The number of hydrogen-bond acceptors (Lipinski definition) is 5. The maximum absolute atomic E-state index is 12.3. The molecule has 3 rings (SSSR count). The molecule has 1 aromatic heterocycles. The number of piperazine rings is 1. The summed E-state index contributed by atoms with van der Waals surface area (Å²) in [5, 5.41) is 6.37. The molecule has 2 aromatic rings. The van der Waals surface area contributed by atoms with Crippen molar-refractivity contribution >= 4 is 17.2 Å². The molecule has 1 amide bonds. The SMILES string of the molecule is CN(CC(=O)N1CCNCC1)Cc1csc(-c2ccccc2)n1. The van der Waals surface area contributed by atoms with Crippen molar-refractivity contribution in [3.63, 3.8) is 0 Å². The number of aromatic nitrogens is 1. The number of rotatable bonds is 5. The lowest BCUT2D eigenvalue weighted by atomic mass is 10.2. The number of nitrogens with one attached hydrogen (secondary N) is 1. The van der Waals surface area contributed by atoms with Gasteiger partial charge in [-0.05, 0) is 7.05 Å². The zero-order chi connectivity index (χ0) is 16.1. The number of amides is 1. The molecule has 0 atom stereocenters. The van der Waals surface area contributed by atoms with E-state index in [4.69, 9.17) is 0 Å². The summed E-state index contributed by atoms with van der Waals surface area (Å²) in [6.45, 7) is 4.53. The van der Waals surface area contributed by atoms with Crippen LogP contribution in [0, 0.1) is 0 Å². The van der Waals surface area contributed by atoms with Gasteiger partial charge in [0, 0.05) is 43.7 Å². The van der Waals surface area contributed by atoms with Gasteiger partial charge in [0.05, 0.1) is 12.2 Å². The Labute approximate surface area is 140 Å². The molecule has 1 fully saturated rings. The molecule has 1 saturated heterocycles. The fourth-order valence-corrected chi connectivity index (χ4v) is 3.49. The zero-order valence-electron chi connectivity index (χ0n) is 13.4. The summed E-state index contributed by atoms with van der Waals surface area (Å²) in [6, 6.07) is 10.2. The van der Waals surface area contributed by atoms with E-state index in [1.807, 2.05) is 35.0 Å². The van der Waals surface area contributed by atoms with Crippen LogP contribution in [0.2, 0.25) is 0 Å². The predicted molar refractivity (Wildman–Crippen MR) is 93.3 cm³/mol. The second-order valence-electron chi connectivity index (χ2n) is 5.81. The Kier molecular flexibility index (Phi) is 5.38. The van der Waals surface area contributed by atoms with Gasteiger partial charge in [0.25, 0.3) is 0 Å². The molecule has 1 aromatic carbocycles. The fourth-order valence-electron chi connectivity index (χ4n) is 2.67. The molecule has 6 heteroatoms. The second kappa shape index (κ2) is 7.68. The normalized spacial score (nSPS) is 15.1. The Hall–Kier alpha value is -1.76. The third-order valence-corrected chi connectivity index (χ3v) is 4.82. The van der Waals surface area contributed by atoms with E-state index < -0.39 is 0 Å². The van der Waals surface area contributed by atoms with Crippen LogP contribution >= 0.6 is 11.3 Å². The zero-order valence-corrected chi connectivity index (χ0v) is 14.2. The number of hydrogen-bond donors (Lipinski definition) is 1. The molecule has 1 aliphatic rings. The van der Waals surface area contributed by atoms with Gasteiger partial charge in [-0.1, -0.05) is 30.3 Å². The van der Waals surface area contributed by atoms with E-state index >= 15 is 0 Å². The van der Waals surface area contributed by atoms with Crippen molar-refractivity contribution in [3.8, 4) is 10.6 Å². The Balaban J connectivity index is 1.54. The largest absolute Gasteiger partial charge is 0.339 e. The molecule has 0 spiro atoms. The summed E-state index contributed by atoms with van der Waals surface area (Å²) in [5.41, 5.74) is 2.16. The molecular formula is C17H22N4OS. The lowest BCUT2D eigenvalue weighted by molar-refractivity contribution is -0.132. The number of carbonyl (C=O) groups is 1. The van der Waals surface area contributed by atoms with Crippen LogP contribution in [0.3, 0.4) is 0 Å². The standard InChI is InChI=1S/C17H22N4OS/c1-20(12-16(22)21-9-7-18-8-10-21)11-15-13-23-17(19-15)14-5-3-2-4-6-14/h2-6,13,18H,7-12H2,1H3. The molecule has 1 aliphatic heterocycles. The minimum absolute atomic E-state index is 0.201. The van der Waals surface area contributed by atoms with Crippen LogP contribution in [0.15, 0.2) is 35.7 Å². The first-order chi connectivity index (χ1) is 11.2. The highest BCUT2D eigenvalue weighted by atomic mass is 32.1. The molecule has 122 valence electrons. The molecule has 23 heavy (non-hydrogen) atoms. The van der Waals surface area contributed by atoms with Crippen molar-refractivity contribution in [1.29, 1.82) is 0 Å². The van der Waals surface area contributed by atoms with Crippen molar-refractivity contribution in [3.05, 3.63) is 41.4 Å². The van der Waals surface area contributed by atoms with Crippen LogP contribution in [0.1, 0.15) is 5.69 Å². The minimum atomic E-state index is 0.201. The highest BCUT2D eigenvalue weighted by Gasteiger charge is 2.18. The molecule has 0 aliphatic carbocycles. The Bertz CT molecular complexity index is 637. The summed E-state index contributed by atoms with van der Waals surface area (Å²) in [5.74, 6) is 0.201. The van der Waals surface area contributed by atoms with Crippen LogP contribution in [-0.2, 0) is 11.3 Å². The number of benzene rings is 1. The van der Waals surface area contributed by atoms with E-state index in [0.29, 0.717) is 13.1 Å². The molecule has 1 N–H and O–H groups in total. The molecular weight excluding hydrogens is 308 g/mol. The van der Waals surface area contributed by atoms with E-state index in [9.17, 15) is 4.79 Å². The van der Waals surface area contributed by atoms with Gasteiger partial charge in [-0.15, -0.1) is 11.3 Å².